The minimum Gasteiger partial charge on any atom is -0.321 e. The molecule has 0 radical (unpaired) electrons. The zero-order chi connectivity index (χ0) is 15.7. The third kappa shape index (κ3) is 3.01. The molecular formula is C12H8F5N3O. The van der Waals surface area contributed by atoms with Crippen molar-refractivity contribution in [2.45, 2.75) is 12.1 Å². The summed E-state index contributed by atoms with van der Waals surface area (Å²) in [6.45, 7) is 0. The summed E-state index contributed by atoms with van der Waals surface area (Å²) in [6.07, 6.45) is -4.44. The van der Waals surface area contributed by atoms with Gasteiger partial charge in [-0.2, -0.15) is 27.1 Å². The first-order valence-corrected chi connectivity index (χ1v) is 5.57. The fraction of sp³-hybridized carbons (Fsp3) is 0.167. The number of aromatic amines is 1. The second kappa shape index (κ2) is 5.15. The molecule has 2 aromatic rings. The van der Waals surface area contributed by atoms with Crippen molar-refractivity contribution in [2.75, 3.05) is 5.32 Å². The molecule has 9 heteroatoms. The molecule has 2 N–H and O–H groups in total. The summed E-state index contributed by atoms with van der Waals surface area (Å²) in [7, 11) is 0. The van der Waals surface area contributed by atoms with E-state index in [1.54, 1.807) is 6.07 Å². The van der Waals surface area contributed by atoms with Gasteiger partial charge in [0, 0.05) is 11.9 Å². The number of aromatic nitrogens is 2. The highest BCUT2D eigenvalue weighted by molar-refractivity contribution is 5.96. The number of alkyl halides is 5. The molecule has 112 valence electrons. The molecule has 21 heavy (non-hydrogen) atoms. The monoisotopic (exact) mass is 305 g/mol. The van der Waals surface area contributed by atoms with E-state index in [9.17, 15) is 26.7 Å². The molecule has 2 rings (SSSR count). The van der Waals surface area contributed by atoms with Gasteiger partial charge in [-0.3, -0.25) is 9.89 Å². The first kappa shape index (κ1) is 14.9. The Morgan fingerprint density at radius 1 is 1.05 bits per heavy atom. The van der Waals surface area contributed by atoms with E-state index in [2.05, 4.69) is 10.2 Å². The van der Waals surface area contributed by atoms with Crippen LogP contribution in [0.4, 0.5) is 27.6 Å². The lowest BCUT2D eigenvalue weighted by Crippen LogP contribution is -2.47. The second-order valence-electron chi connectivity index (χ2n) is 4.07. The van der Waals surface area contributed by atoms with E-state index in [4.69, 9.17) is 0 Å². The average molecular weight is 305 g/mol. The molecular weight excluding hydrogens is 297 g/mol. The molecule has 0 saturated carbocycles. The summed E-state index contributed by atoms with van der Waals surface area (Å²) < 4.78 is 61.6. The second-order valence-corrected chi connectivity index (χ2v) is 4.07. The van der Waals surface area contributed by atoms with E-state index < -0.39 is 18.0 Å². The van der Waals surface area contributed by atoms with Crippen LogP contribution in [0.1, 0.15) is 0 Å². The summed E-state index contributed by atoms with van der Waals surface area (Å²) in [5.41, 5.74) is 1.09. The van der Waals surface area contributed by atoms with Crippen LogP contribution in [-0.4, -0.2) is 28.2 Å². The highest BCUT2D eigenvalue weighted by atomic mass is 19.4. The fourth-order valence-corrected chi connectivity index (χ4v) is 1.49. The van der Waals surface area contributed by atoms with Crippen LogP contribution >= 0.6 is 0 Å². The summed E-state index contributed by atoms with van der Waals surface area (Å²) >= 11 is 0. The highest BCUT2D eigenvalue weighted by Crippen LogP contribution is 2.36. The maximum absolute atomic E-state index is 12.8. The van der Waals surface area contributed by atoms with Crippen LogP contribution in [0.5, 0.6) is 0 Å². The molecule has 0 unspecified atom stereocenters. The molecule has 1 aromatic heterocycles. The van der Waals surface area contributed by atoms with Crippen LogP contribution in [0.2, 0.25) is 0 Å². The van der Waals surface area contributed by atoms with Crippen molar-refractivity contribution >= 4 is 11.6 Å². The Labute approximate surface area is 115 Å². The first-order chi connectivity index (χ1) is 9.72. The number of nitrogens with zero attached hydrogens (tertiary/aromatic N) is 1. The predicted octanol–water partition coefficient (Wildman–Crippen LogP) is 3.21. The zero-order valence-electron chi connectivity index (χ0n) is 10.2. The van der Waals surface area contributed by atoms with Gasteiger partial charge in [-0.1, -0.05) is 12.1 Å². The highest BCUT2D eigenvalue weighted by Gasteiger charge is 2.63. The molecule has 1 heterocycles. The first-order valence-electron chi connectivity index (χ1n) is 5.57. The summed E-state index contributed by atoms with van der Waals surface area (Å²) in [4.78, 5) is 11.0. The molecule has 0 bridgehead atoms. The molecule has 0 aliphatic carbocycles. The van der Waals surface area contributed by atoms with Gasteiger partial charge in [0.2, 0.25) is 0 Å². The number of halogens is 5. The molecule has 4 nitrogen and oxygen atoms in total. The summed E-state index contributed by atoms with van der Waals surface area (Å²) in [5.74, 6) is -7.88. The van der Waals surface area contributed by atoms with E-state index >= 15 is 0 Å². The van der Waals surface area contributed by atoms with Gasteiger partial charge in [-0.15, -0.1) is 0 Å². The van der Waals surface area contributed by atoms with Crippen LogP contribution in [-0.2, 0) is 4.79 Å². The van der Waals surface area contributed by atoms with Gasteiger partial charge in [0.1, 0.15) is 0 Å². The minimum atomic E-state index is -5.94. The third-order valence-electron chi connectivity index (χ3n) is 2.60. The van der Waals surface area contributed by atoms with E-state index in [1.807, 2.05) is 0 Å². The van der Waals surface area contributed by atoms with Crippen molar-refractivity contribution in [1.82, 2.24) is 10.2 Å². The zero-order valence-corrected chi connectivity index (χ0v) is 10.2. The van der Waals surface area contributed by atoms with E-state index in [1.165, 1.54) is 35.8 Å². The van der Waals surface area contributed by atoms with Crippen molar-refractivity contribution in [3.63, 3.8) is 0 Å². The number of benzene rings is 1. The number of carbonyl (C=O) groups is 1. The van der Waals surface area contributed by atoms with Gasteiger partial charge in [-0.25, -0.2) is 0 Å². The van der Waals surface area contributed by atoms with Crippen molar-refractivity contribution in [3.05, 3.63) is 36.5 Å². The molecule has 0 spiro atoms. The van der Waals surface area contributed by atoms with Gasteiger partial charge in [0.15, 0.2) is 0 Å². The van der Waals surface area contributed by atoms with Crippen LogP contribution in [0.15, 0.2) is 36.5 Å². The normalized spacial score (nSPS) is 12.2. The van der Waals surface area contributed by atoms with Gasteiger partial charge in [-0.05, 0) is 23.8 Å². The number of amides is 1. The fourth-order valence-electron chi connectivity index (χ4n) is 1.49. The van der Waals surface area contributed by atoms with Crippen molar-refractivity contribution < 1.29 is 26.7 Å². The quantitative estimate of drug-likeness (QED) is 0.856. The van der Waals surface area contributed by atoms with Crippen molar-refractivity contribution in [3.8, 4) is 11.3 Å². The molecule has 0 atom stereocenters. The summed E-state index contributed by atoms with van der Waals surface area (Å²) in [5, 5.41) is 7.89. The Bertz CT molecular complexity index is 619. The molecule has 0 aliphatic rings. The lowest BCUT2D eigenvalue weighted by Gasteiger charge is -2.18. The topological polar surface area (TPSA) is 57.8 Å². The smallest absolute Gasteiger partial charge is 0.321 e. The Morgan fingerprint density at radius 2 is 1.67 bits per heavy atom. The number of rotatable bonds is 3. The number of H-pyrrole nitrogens is 1. The van der Waals surface area contributed by atoms with Gasteiger partial charge in [0.05, 0.1) is 5.69 Å². The average Bonchev–Trinajstić information content (AvgIpc) is 2.92. The third-order valence-corrected chi connectivity index (χ3v) is 2.60. The maximum atomic E-state index is 12.8. The number of hydrogen-bond donors (Lipinski definition) is 2. The maximum Gasteiger partial charge on any atom is 0.463 e. The van der Waals surface area contributed by atoms with Crippen LogP contribution in [0.3, 0.4) is 0 Å². The standard InChI is InChI=1S/C12H8F5N3O/c13-11(14,12(15,16)17)10(21)19-8-3-1-7(2-4-8)9-5-6-18-20-9/h1-6H,(H,18,20)(H,19,21). The van der Waals surface area contributed by atoms with Crippen LogP contribution < -0.4 is 5.32 Å². The molecule has 0 fully saturated rings. The van der Waals surface area contributed by atoms with Gasteiger partial charge >= 0.3 is 18.0 Å². The number of hydrogen-bond acceptors (Lipinski definition) is 2. The predicted molar refractivity (Wildman–Crippen MR) is 63.7 cm³/mol. The van der Waals surface area contributed by atoms with Crippen molar-refractivity contribution in [2.24, 2.45) is 0 Å². The van der Waals surface area contributed by atoms with Crippen LogP contribution in [0, 0.1) is 0 Å². The van der Waals surface area contributed by atoms with Gasteiger partial charge in [0.25, 0.3) is 0 Å². The van der Waals surface area contributed by atoms with E-state index in [0.29, 0.717) is 11.3 Å². The van der Waals surface area contributed by atoms with E-state index in [0.717, 1.165) is 0 Å². The Kier molecular flexibility index (Phi) is 3.67. The Morgan fingerprint density at radius 3 is 2.14 bits per heavy atom. The summed E-state index contributed by atoms with van der Waals surface area (Å²) in [6, 6.07) is 6.94. The number of anilines is 1. The molecule has 0 aliphatic heterocycles. The lowest BCUT2D eigenvalue weighted by molar-refractivity contribution is -0.267. The minimum absolute atomic E-state index is 0.174. The molecule has 0 saturated heterocycles. The lowest BCUT2D eigenvalue weighted by atomic mass is 10.1. The Hall–Kier alpha value is -2.45. The van der Waals surface area contributed by atoms with Crippen LogP contribution in [0.25, 0.3) is 11.3 Å². The number of carbonyl (C=O) groups excluding carboxylic acids is 1. The Balaban J connectivity index is 2.12. The largest absolute Gasteiger partial charge is 0.463 e. The SMILES string of the molecule is O=C(Nc1ccc(-c2ccn[nH]2)cc1)C(F)(F)C(F)(F)F. The van der Waals surface area contributed by atoms with Gasteiger partial charge < -0.3 is 5.32 Å². The van der Waals surface area contributed by atoms with Crippen molar-refractivity contribution in [1.29, 1.82) is 0 Å². The molecule has 1 amide bonds. The van der Waals surface area contributed by atoms with E-state index in [-0.39, 0.29) is 5.69 Å². The number of nitrogens with one attached hydrogen (secondary N) is 2. The molecule has 1 aromatic carbocycles.